The van der Waals surface area contributed by atoms with Crippen molar-refractivity contribution >= 4 is 39.5 Å². The number of hydrogen-bond acceptors (Lipinski definition) is 6. The number of piperidine rings is 1. The molecule has 1 N–H and O–H groups in total. The summed E-state index contributed by atoms with van der Waals surface area (Å²) < 4.78 is 12.6. The van der Waals surface area contributed by atoms with Gasteiger partial charge in [0.2, 0.25) is 5.91 Å². The molecular formula is C32H41BrN4O6. The van der Waals surface area contributed by atoms with Crippen molar-refractivity contribution in [2.24, 2.45) is 5.92 Å². The number of piperazine rings is 1. The molecule has 0 radical (unpaired) electrons. The topological polar surface area (TPSA) is 103 Å². The number of rotatable bonds is 9. The lowest BCUT2D eigenvalue weighted by molar-refractivity contribution is -0.147. The molecular weight excluding hydrogens is 616 g/mol. The summed E-state index contributed by atoms with van der Waals surface area (Å²) in [4.78, 5) is 45.7. The summed E-state index contributed by atoms with van der Waals surface area (Å²) in [6.07, 6.45) is 2.89. The maximum atomic E-state index is 13.9. The molecule has 1 unspecified atom stereocenters. The summed E-state index contributed by atoms with van der Waals surface area (Å²) in [7, 11) is 1.65. The van der Waals surface area contributed by atoms with Gasteiger partial charge in [0.15, 0.2) is 5.60 Å². The first kappa shape index (κ1) is 31.0. The second-order valence-corrected chi connectivity index (χ2v) is 13.0. The van der Waals surface area contributed by atoms with E-state index in [2.05, 4.69) is 25.7 Å². The molecule has 2 aromatic rings. The Balaban J connectivity index is 1.23. The highest BCUT2D eigenvalue weighted by Crippen LogP contribution is 2.35. The third-order valence-electron chi connectivity index (χ3n) is 8.52. The average molecular weight is 658 g/mol. The van der Waals surface area contributed by atoms with Crippen LogP contribution in [0, 0.1) is 5.92 Å². The van der Waals surface area contributed by atoms with Crippen LogP contribution in [0.25, 0.3) is 0 Å². The third-order valence-corrected chi connectivity index (χ3v) is 9.17. The second-order valence-electron chi connectivity index (χ2n) is 12.1. The molecule has 0 spiro atoms. The standard InChI is InChI=1S/C32H41BrN4O6/c1-32(2,30(39)34-14-16-35(17-15-34)31(40)41)43-26-8-4-7-25(19-26)36-13-5-6-23(21-36)29(38)37(24-10-11-24)20-22-9-12-27(33)28(18-22)42-3/h4,7-9,12,18-19,23-24H,5-6,10-11,13-17,20-21H2,1-3H3,(H,40,41). The van der Waals surface area contributed by atoms with Crippen molar-refractivity contribution in [2.45, 2.75) is 57.7 Å². The Morgan fingerprint density at radius 2 is 1.72 bits per heavy atom. The Labute approximate surface area is 261 Å². The van der Waals surface area contributed by atoms with E-state index in [-0.39, 0.29) is 30.8 Å². The summed E-state index contributed by atoms with van der Waals surface area (Å²) in [5, 5.41) is 9.21. The van der Waals surface area contributed by atoms with Gasteiger partial charge in [-0.25, -0.2) is 4.79 Å². The molecule has 2 aromatic carbocycles. The molecule has 0 aromatic heterocycles. The van der Waals surface area contributed by atoms with Crippen LogP contribution in [0.2, 0.25) is 0 Å². The van der Waals surface area contributed by atoms with Crippen molar-refractivity contribution in [2.75, 3.05) is 51.3 Å². The van der Waals surface area contributed by atoms with Gasteiger partial charge in [-0.1, -0.05) is 12.1 Å². The number of carbonyl (C=O) groups excluding carboxylic acids is 2. The smallest absolute Gasteiger partial charge is 0.407 e. The fourth-order valence-electron chi connectivity index (χ4n) is 5.98. The van der Waals surface area contributed by atoms with Crippen LogP contribution in [0.3, 0.4) is 0 Å². The van der Waals surface area contributed by atoms with E-state index >= 15 is 0 Å². The lowest BCUT2D eigenvalue weighted by atomic mass is 9.95. The Morgan fingerprint density at radius 1 is 1.00 bits per heavy atom. The first-order chi connectivity index (χ1) is 20.6. The molecule has 1 aliphatic carbocycles. The fraction of sp³-hybridized carbons (Fsp3) is 0.531. The van der Waals surface area contributed by atoms with Crippen LogP contribution >= 0.6 is 15.9 Å². The first-order valence-electron chi connectivity index (χ1n) is 15.0. The molecule has 232 valence electrons. The van der Waals surface area contributed by atoms with E-state index in [0.29, 0.717) is 38.0 Å². The van der Waals surface area contributed by atoms with E-state index in [1.165, 1.54) is 4.90 Å². The molecule has 2 saturated heterocycles. The molecule has 43 heavy (non-hydrogen) atoms. The first-order valence-corrected chi connectivity index (χ1v) is 15.8. The number of halogens is 1. The highest BCUT2D eigenvalue weighted by molar-refractivity contribution is 9.10. The van der Waals surface area contributed by atoms with Crippen molar-refractivity contribution in [3.05, 3.63) is 52.5 Å². The normalized spacial score (nSPS) is 19.2. The van der Waals surface area contributed by atoms with Gasteiger partial charge >= 0.3 is 6.09 Å². The van der Waals surface area contributed by atoms with Gasteiger partial charge < -0.3 is 34.2 Å². The molecule has 3 fully saturated rings. The molecule has 1 saturated carbocycles. The molecule has 1 atom stereocenters. The number of amides is 3. The van der Waals surface area contributed by atoms with Crippen molar-refractivity contribution in [3.63, 3.8) is 0 Å². The molecule has 0 bridgehead atoms. The molecule has 10 nitrogen and oxygen atoms in total. The van der Waals surface area contributed by atoms with E-state index < -0.39 is 11.7 Å². The predicted octanol–water partition coefficient (Wildman–Crippen LogP) is 4.84. The zero-order chi connectivity index (χ0) is 30.7. The number of anilines is 1. The predicted molar refractivity (Wildman–Crippen MR) is 167 cm³/mol. The van der Waals surface area contributed by atoms with E-state index in [1.807, 2.05) is 42.5 Å². The van der Waals surface area contributed by atoms with Gasteiger partial charge in [-0.2, -0.15) is 0 Å². The quantitative estimate of drug-likeness (QED) is 0.412. The summed E-state index contributed by atoms with van der Waals surface area (Å²) in [5.41, 5.74) is 0.896. The second kappa shape index (κ2) is 13.0. The van der Waals surface area contributed by atoms with Crippen molar-refractivity contribution in [1.82, 2.24) is 14.7 Å². The van der Waals surface area contributed by atoms with E-state index in [0.717, 1.165) is 53.7 Å². The van der Waals surface area contributed by atoms with Crippen LogP contribution in [0.1, 0.15) is 45.1 Å². The SMILES string of the molecule is COc1cc(CN(C(=O)C2CCCN(c3cccc(OC(C)(C)C(=O)N4CCN(C(=O)O)CC4)c3)C2)C2CC2)ccc1Br. The van der Waals surface area contributed by atoms with Gasteiger partial charge in [-0.3, -0.25) is 9.59 Å². The molecule has 5 rings (SSSR count). The lowest BCUT2D eigenvalue weighted by Crippen LogP contribution is -2.56. The number of nitrogens with zero attached hydrogens (tertiary/aromatic N) is 4. The van der Waals surface area contributed by atoms with Crippen LogP contribution in [0.4, 0.5) is 10.5 Å². The van der Waals surface area contributed by atoms with Gasteiger partial charge in [-0.05, 0) is 85.3 Å². The van der Waals surface area contributed by atoms with Crippen LogP contribution < -0.4 is 14.4 Å². The molecule has 3 aliphatic rings. The number of methoxy groups -OCH3 is 1. The molecule has 3 amide bonds. The Bertz CT molecular complexity index is 1340. The van der Waals surface area contributed by atoms with Crippen LogP contribution in [-0.4, -0.2) is 95.7 Å². The van der Waals surface area contributed by atoms with Crippen LogP contribution in [0.5, 0.6) is 11.5 Å². The minimum Gasteiger partial charge on any atom is -0.496 e. The van der Waals surface area contributed by atoms with Crippen LogP contribution in [0.15, 0.2) is 46.9 Å². The van der Waals surface area contributed by atoms with Crippen molar-refractivity contribution in [3.8, 4) is 11.5 Å². The molecule has 11 heteroatoms. The Kier molecular flexibility index (Phi) is 9.39. The van der Waals surface area contributed by atoms with Gasteiger partial charge in [0.1, 0.15) is 11.5 Å². The maximum Gasteiger partial charge on any atom is 0.407 e. The number of carbonyl (C=O) groups is 3. The Hall–Kier alpha value is -3.47. The number of ether oxygens (including phenoxy) is 2. The third kappa shape index (κ3) is 7.37. The van der Waals surface area contributed by atoms with Gasteiger partial charge in [0, 0.05) is 63.6 Å². The minimum absolute atomic E-state index is 0.0984. The number of hydrogen-bond donors (Lipinski definition) is 1. The van der Waals surface area contributed by atoms with E-state index in [9.17, 15) is 19.5 Å². The largest absolute Gasteiger partial charge is 0.496 e. The maximum absolute atomic E-state index is 13.9. The van der Waals surface area contributed by atoms with Gasteiger partial charge in [0.05, 0.1) is 17.5 Å². The fourth-order valence-corrected chi connectivity index (χ4v) is 6.39. The average Bonchev–Trinajstić information content (AvgIpc) is 3.85. The van der Waals surface area contributed by atoms with Gasteiger partial charge in [-0.15, -0.1) is 0 Å². The zero-order valence-electron chi connectivity index (χ0n) is 25.1. The summed E-state index contributed by atoms with van der Waals surface area (Å²) >= 11 is 3.51. The van der Waals surface area contributed by atoms with Crippen LogP contribution in [-0.2, 0) is 16.1 Å². The zero-order valence-corrected chi connectivity index (χ0v) is 26.7. The monoisotopic (exact) mass is 656 g/mol. The minimum atomic E-state index is -1.12. The highest BCUT2D eigenvalue weighted by Gasteiger charge is 2.38. The summed E-state index contributed by atoms with van der Waals surface area (Å²) in [6, 6.07) is 14.0. The molecule has 2 heterocycles. The van der Waals surface area contributed by atoms with E-state index in [4.69, 9.17) is 9.47 Å². The van der Waals surface area contributed by atoms with Crippen molar-refractivity contribution < 1.29 is 29.0 Å². The lowest BCUT2D eigenvalue weighted by Gasteiger charge is -2.38. The summed E-state index contributed by atoms with van der Waals surface area (Å²) in [5.74, 6) is 1.28. The van der Waals surface area contributed by atoms with Crippen molar-refractivity contribution in [1.29, 1.82) is 0 Å². The Morgan fingerprint density at radius 3 is 2.40 bits per heavy atom. The van der Waals surface area contributed by atoms with Gasteiger partial charge in [0.25, 0.3) is 5.91 Å². The number of carboxylic acid groups (broad SMARTS) is 1. The molecule has 2 aliphatic heterocycles. The highest BCUT2D eigenvalue weighted by atomic mass is 79.9. The summed E-state index contributed by atoms with van der Waals surface area (Å²) in [6.45, 7) is 6.80. The number of benzene rings is 2. The van der Waals surface area contributed by atoms with E-state index in [1.54, 1.807) is 25.9 Å².